The van der Waals surface area contributed by atoms with E-state index in [0.717, 1.165) is 16.5 Å². The summed E-state index contributed by atoms with van der Waals surface area (Å²) in [4.78, 5) is 43.3. The second-order valence-corrected chi connectivity index (χ2v) is 7.79. The highest BCUT2D eigenvalue weighted by Crippen LogP contribution is 2.32. The number of aromatic nitrogens is 1. The number of carbonyl (C=O) groups excluding carboxylic acids is 2. The van der Waals surface area contributed by atoms with Gasteiger partial charge in [0.25, 0.3) is 0 Å². The average molecular weight is 383 g/mol. The van der Waals surface area contributed by atoms with Crippen molar-refractivity contribution in [1.29, 1.82) is 0 Å². The summed E-state index contributed by atoms with van der Waals surface area (Å²) in [6.45, 7) is 2.10. The first-order valence-corrected chi connectivity index (χ1v) is 9.87. The summed E-state index contributed by atoms with van der Waals surface area (Å²) in [5, 5.41) is 10.2. The molecular formula is C21H25N3O4. The van der Waals surface area contributed by atoms with Crippen LogP contribution in [0.1, 0.15) is 24.8 Å². The largest absolute Gasteiger partial charge is 0.481 e. The Balaban J connectivity index is 1.31. The molecule has 2 heterocycles. The Hall–Kier alpha value is -2.83. The van der Waals surface area contributed by atoms with Crippen LogP contribution in [0.15, 0.2) is 30.5 Å². The number of amides is 2. The Bertz CT molecular complexity index is 898. The number of para-hydroxylation sites is 1. The van der Waals surface area contributed by atoms with E-state index in [1.165, 1.54) is 0 Å². The highest BCUT2D eigenvalue weighted by atomic mass is 16.4. The lowest BCUT2D eigenvalue weighted by molar-refractivity contribution is -0.143. The van der Waals surface area contributed by atoms with Gasteiger partial charge in [-0.2, -0.15) is 0 Å². The van der Waals surface area contributed by atoms with Crippen molar-refractivity contribution in [3.8, 4) is 0 Å². The molecule has 0 radical (unpaired) electrons. The molecule has 28 heavy (non-hydrogen) atoms. The molecule has 148 valence electrons. The number of benzene rings is 1. The molecule has 0 unspecified atom stereocenters. The van der Waals surface area contributed by atoms with Crippen molar-refractivity contribution in [3.05, 3.63) is 36.0 Å². The van der Waals surface area contributed by atoms with E-state index in [-0.39, 0.29) is 17.7 Å². The minimum atomic E-state index is -0.803. The molecule has 2 aromatic rings. The van der Waals surface area contributed by atoms with E-state index in [1.54, 1.807) is 4.90 Å². The van der Waals surface area contributed by atoms with Crippen LogP contribution in [-0.4, -0.2) is 63.9 Å². The minimum Gasteiger partial charge on any atom is -0.481 e. The summed E-state index contributed by atoms with van der Waals surface area (Å²) in [5.74, 6) is -1.26. The molecule has 2 atom stereocenters. The second kappa shape index (κ2) is 7.66. The highest BCUT2D eigenvalue weighted by Gasteiger charge is 2.36. The maximum Gasteiger partial charge on any atom is 0.306 e. The van der Waals surface area contributed by atoms with Gasteiger partial charge in [0.2, 0.25) is 11.8 Å². The average Bonchev–Trinajstić information content (AvgIpc) is 3.36. The summed E-state index contributed by atoms with van der Waals surface area (Å²) in [6.07, 6.45) is 3.90. The second-order valence-electron chi connectivity index (χ2n) is 7.79. The molecule has 1 aromatic heterocycles. The lowest BCUT2D eigenvalue weighted by atomic mass is 10.0. The SMILES string of the molecule is O=C(O)[C@@H]1CC[C@H](C(=O)N2CCN(C(=O)Cc3c[nH]c4ccccc34)CC2)C1. The molecule has 1 aliphatic heterocycles. The topological polar surface area (TPSA) is 93.7 Å². The molecule has 1 aromatic carbocycles. The van der Waals surface area contributed by atoms with Crippen LogP contribution < -0.4 is 0 Å². The van der Waals surface area contributed by atoms with Crippen molar-refractivity contribution in [2.45, 2.75) is 25.7 Å². The van der Waals surface area contributed by atoms with Gasteiger partial charge in [0.05, 0.1) is 12.3 Å². The molecule has 0 bridgehead atoms. The van der Waals surface area contributed by atoms with Crippen molar-refractivity contribution in [3.63, 3.8) is 0 Å². The molecule has 1 aliphatic carbocycles. The molecule has 7 heteroatoms. The van der Waals surface area contributed by atoms with Crippen LogP contribution in [0.5, 0.6) is 0 Å². The number of fused-ring (bicyclic) bond motifs is 1. The van der Waals surface area contributed by atoms with Gasteiger partial charge in [-0.25, -0.2) is 0 Å². The molecular weight excluding hydrogens is 358 g/mol. The molecule has 1 saturated heterocycles. The van der Waals surface area contributed by atoms with Gasteiger partial charge in [-0.3, -0.25) is 14.4 Å². The Morgan fingerprint density at radius 2 is 1.68 bits per heavy atom. The number of H-pyrrole nitrogens is 1. The van der Waals surface area contributed by atoms with Crippen LogP contribution in [-0.2, 0) is 20.8 Å². The Labute approximate surface area is 163 Å². The van der Waals surface area contributed by atoms with E-state index in [1.807, 2.05) is 35.4 Å². The maximum atomic E-state index is 12.7. The number of hydrogen-bond acceptors (Lipinski definition) is 3. The Morgan fingerprint density at radius 1 is 1.00 bits per heavy atom. The maximum absolute atomic E-state index is 12.7. The van der Waals surface area contributed by atoms with Crippen molar-refractivity contribution in [1.82, 2.24) is 14.8 Å². The number of carboxylic acid groups (broad SMARTS) is 1. The van der Waals surface area contributed by atoms with Crippen molar-refractivity contribution in [2.24, 2.45) is 11.8 Å². The van der Waals surface area contributed by atoms with Gasteiger partial charge >= 0.3 is 5.97 Å². The fraction of sp³-hybridized carbons (Fsp3) is 0.476. The number of piperazine rings is 1. The lowest BCUT2D eigenvalue weighted by Crippen LogP contribution is -2.52. The molecule has 7 nitrogen and oxygen atoms in total. The third kappa shape index (κ3) is 3.61. The first-order chi connectivity index (χ1) is 13.5. The first-order valence-electron chi connectivity index (χ1n) is 9.87. The Kier molecular flexibility index (Phi) is 5.07. The predicted octanol–water partition coefficient (Wildman–Crippen LogP) is 1.88. The monoisotopic (exact) mass is 383 g/mol. The third-order valence-corrected chi connectivity index (χ3v) is 6.09. The molecule has 1 saturated carbocycles. The van der Waals surface area contributed by atoms with E-state index in [9.17, 15) is 14.4 Å². The zero-order valence-electron chi connectivity index (χ0n) is 15.8. The fourth-order valence-electron chi connectivity index (χ4n) is 4.42. The molecule has 2 fully saturated rings. The van der Waals surface area contributed by atoms with Crippen LogP contribution in [0.3, 0.4) is 0 Å². The summed E-state index contributed by atoms with van der Waals surface area (Å²) in [5.41, 5.74) is 2.02. The molecule has 4 rings (SSSR count). The Morgan fingerprint density at radius 3 is 2.39 bits per heavy atom. The zero-order chi connectivity index (χ0) is 19.7. The number of aliphatic carboxylic acids is 1. The summed E-state index contributed by atoms with van der Waals surface area (Å²) >= 11 is 0. The normalized spacial score (nSPS) is 22.6. The van der Waals surface area contributed by atoms with Gasteiger partial charge in [0.15, 0.2) is 0 Å². The van der Waals surface area contributed by atoms with E-state index in [2.05, 4.69) is 4.98 Å². The summed E-state index contributed by atoms with van der Waals surface area (Å²) in [6, 6.07) is 7.93. The number of aromatic amines is 1. The summed E-state index contributed by atoms with van der Waals surface area (Å²) in [7, 11) is 0. The quantitative estimate of drug-likeness (QED) is 0.843. The van der Waals surface area contributed by atoms with Crippen LogP contribution in [0.2, 0.25) is 0 Å². The van der Waals surface area contributed by atoms with Gasteiger partial charge in [-0.05, 0) is 30.9 Å². The van der Waals surface area contributed by atoms with Gasteiger partial charge in [-0.15, -0.1) is 0 Å². The number of hydrogen-bond donors (Lipinski definition) is 2. The van der Waals surface area contributed by atoms with Crippen molar-refractivity contribution in [2.75, 3.05) is 26.2 Å². The number of carbonyl (C=O) groups is 3. The first kappa shape index (κ1) is 18.5. The van der Waals surface area contributed by atoms with Gasteiger partial charge in [0, 0.05) is 49.2 Å². The van der Waals surface area contributed by atoms with Crippen LogP contribution >= 0.6 is 0 Å². The smallest absolute Gasteiger partial charge is 0.306 e. The van der Waals surface area contributed by atoms with E-state index in [0.29, 0.717) is 51.9 Å². The zero-order valence-corrected chi connectivity index (χ0v) is 15.8. The number of carboxylic acids is 1. The molecule has 2 N–H and O–H groups in total. The lowest BCUT2D eigenvalue weighted by Gasteiger charge is -2.36. The van der Waals surface area contributed by atoms with Crippen LogP contribution in [0.4, 0.5) is 0 Å². The molecule has 2 amide bonds. The van der Waals surface area contributed by atoms with E-state index >= 15 is 0 Å². The van der Waals surface area contributed by atoms with Crippen LogP contribution in [0.25, 0.3) is 10.9 Å². The van der Waals surface area contributed by atoms with E-state index < -0.39 is 11.9 Å². The molecule has 0 spiro atoms. The van der Waals surface area contributed by atoms with Crippen molar-refractivity contribution < 1.29 is 19.5 Å². The molecule has 2 aliphatic rings. The number of rotatable bonds is 4. The number of nitrogens with zero attached hydrogens (tertiary/aromatic N) is 2. The van der Waals surface area contributed by atoms with Crippen LogP contribution in [0, 0.1) is 11.8 Å². The fourth-order valence-corrected chi connectivity index (χ4v) is 4.42. The van der Waals surface area contributed by atoms with E-state index in [4.69, 9.17) is 5.11 Å². The standard InChI is InChI=1S/C21H25N3O4/c25-19(12-16-13-22-18-4-2-1-3-17(16)18)23-7-9-24(10-8-23)20(26)14-5-6-15(11-14)21(27)28/h1-4,13-15,22H,5-12H2,(H,27,28)/t14-,15+/m0/s1. The van der Waals surface area contributed by atoms with Gasteiger partial charge < -0.3 is 19.9 Å². The van der Waals surface area contributed by atoms with Crippen molar-refractivity contribution >= 4 is 28.7 Å². The highest BCUT2D eigenvalue weighted by molar-refractivity contribution is 5.89. The minimum absolute atomic E-state index is 0.0486. The predicted molar refractivity (Wildman–Crippen MR) is 104 cm³/mol. The number of nitrogens with one attached hydrogen (secondary N) is 1. The summed E-state index contributed by atoms with van der Waals surface area (Å²) < 4.78 is 0. The third-order valence-electron chi connectivity index (χ3n) is 6.09. The van der Waals surface area contributed by atoms with Gasteiger partial charge in [-0.1, -0.05) is 18.2 Å². The van der Waals surface area contributed by atoms with Gasteiger partial charge in [0.1, 0.15) is 0 Å².